The zero-order chi connectivity index (χ0) is 25.6. The Bertz CT molecular complexity index is 1640. The molecule has 0 unspecified atom stereocenters. The highest BCUT2D eigenvalue weighted by molar-refractivity contribution is 6.33. The van der Waals surface area contributed by atoms with Crippen molar-refractivity contribution in [3.63, 3.8) is 0 Å². The second kappa shape index (κ2) is 10.9. The van der Waals surface area contributed by atoms with Gasteiger partial charge < -0.3 is 9.47 Å². The van der Waals surface area contributed by atoms with Crippen LogP contribution < -0.4 is 14.9 Å². The lowest BCUT2D eigenvalue weighted by Gasteiger charge is -2.11. The van der Waals surface area contributed by atoms with Crippen LogP contribution in [0.3, 0.4) is 0 Å². The molecule has 0 aromatic heterocycles. The molecule has 0 saturated heterocycles. The van der Waals surface area contributed by atoms with Gasteiger partial charge in [0.2, 0.25) is 0 Å². The molecule has 5 rings (SSSR count). The molecular formula is C30H21ClN2O4. The number of hydrogen-bond acceptors (Lipinski definition) is 5. The van der Waals surface area contributed by atoms with E-state index in [0.29, 0.717) is 16.3 Å². The van der Waals surface area contributed by atoms with Crippen LogP contribution in [0, 0.1) is 0 Å². The van der Waals surface area contributed by atoms with Crippen LogP contribution in [0.2, 0.25) is 5.02 Å². The Morgan fingerprint density at radius 2 is 1.43 bits per heavy atom. The van der Waals surface area contributed by atoms with Crippen LogP contribution in [0.4, 0.5) is 0 Å². The van der Waals surface area contributed by atoms with Gasteiger partial charge in [-0.25, -0.2) is 10.2 Å². The highest BCUT2D eigenvalue weighted by Gasteiger charge is 2.16. The van der Waals surface area contributed by atoms with Crippen molar-refractivity contribution in [3.8, 4) is 11.5 Å². The molecule has 0 bridgehead atoms. The van der Waals surface area contributed by atoms with E-state index in [1.54, 1.807) is 30.3 Å². The second-order valence-corrected chi connectivity index (χ2v) is 8.53. The van der Waals surface area contributed by atoms with Crippen LogP contribution in [-0.4, -0.2) is 24.7 Å². The molecule has 37 heavy (non-hydrogen) atoms. The van der Waals surface area contributed by atoms with Crippen LogP contribution in [0.1, 0.15) is 15.9 Å². The molecule has 1 N–H and O–H groups in total. The number of halogens is 1. The molecule has 7 heteroatoms. The zero-order valence-corrected chi connectivity index (χ0v) is 20.3. The first-order chi connectivity index (χ1) is 18.1. The molecule has 182 valence electrons. The summed E-state index contributed by atoms with van der Waals surface area (Å²) >= 11 is 6.16. The first kappa shape index (κ1) is 24.0. The summed E-state index contributed by atoms with van der Waals surface area (Å²) < 4.78 is 11.4. The molecule has 0 fully saturated rings. The van der Waals surface area contributed by atoms with Gasteiger partial charge in [0.25, 0.3) is 5.91 Å². The van der Waals surface area contributed by atoms with Crippen LogP contribution >= 0.6 is 11.6 Å². The smallest absolute Gasteiger partial charge is 0.345 e. The minimum absolute atomic E-state index is 0.213. The van der Waals surface area contributed by atoms with Crippen molar-refractivity contribution in [2.45, 2.75) is 0 Å². The van der Waals surface area contributed by atoms with Crippen molar-refractivity contribution >= 4 is 51.2 Å². The third-order valence-corrected chi connectivity index (χ3v) is 6.05. The van der Waals surface area contributed by atoms with E-state index in [4.69, 9.17) is 21.1 Å². The van der Waals surface area contributed by atoms with Gasteiger partial charge in [-0.2, -0.15) is 5.10 Å². The lowest BCUT2D eigenvalue weighted by atomic mass is 10.0. The Balaban J connectivity index is 1.33. The summed E-state index contributed by atoms with van der Waals surface area (Å²) in [5, 5.41) is 8.06. The topological polar surface area (TPSA) is 77.0 Å². The van der Waals surface area contributed by atoms with Gasteiger partial charge >= 0.3 is 5.97 Å². The number of amides is 1. The fraction of sp³-hybridized carbons (Fsp3) is 0.0333. The summed E-state index contributed by atoms with van der Waals surface area (Å²) in [5.41, 5.74) is 3.26. The molecule has 5 aromatic rings. The molecule has 0 heterocycles. The van der Waals surface area contributed by atoms with E-state index in [9.17, 15) is 9.59 Å². The minimum atomic E-state index is -0.594. The minimum Gasteiger partial charge on any atom is -0.483 e. The maximum absolute atomic E-state index is 12.8. The fourth-order valence-corrected chi connectivity index (χ4v) is 4.16. The van der Waals surface area contributed by atoms with E-state index >= 15 is 0 Å². The second-order valence-electron chi connectivity index (χ2n) is 8.13. The molecule has 0 aliphatic carbocycles. The van der Waals surface area contributed by atoms with Crippen LogP contribution in [-0.2, 0) is 4.79 Å². The summed E-state index contributed by atoms with van der Waals surface area (Å²) in [7, 11) is 0. The van der Waals surface area contributed by atoms with E-state index in [2.05, 4.69) is 10.5 Å². The van der Waals surface area contributed by atoms with E-state index in [1.165, 1.54) is 6.21 Å². The summed E-state index contributed by atoms with van der Waals surface area (Å²) in [6.45, 7) is -0.213. The first-order valence-electron chi connectivity index (χ1n) is 11.5. The quantitative estimate of drug-likeness (QED) is 0.119. The highest BCUT2D eigenvalue weighted by Crippen LogP contribution is 2.28. The van der Waals surface area contributed by atoms with E-state index < -0.39 is 11.9 Å². The number of nitrogens with one attached hydrogen (secondary N) is 1. The number of ether oxygens (including phenoxy) is 2. The Morgan fingerprint density at radius 3 is 2.24 bits per heavy atom. The van der Waals surface area contributed by atoms with Gasteiger partial charge in [0.15, 0.2) is 6.61 Å². The summed E-state index contributed by atoms with van der Waals surface area (Å²) in [6, 6.07) is 31.2. The van der Waals surface area contributed by atoms with Crippen molar-refractivity contribution in [1.29, 1.82) is 0 Å². The number of carbonyl (C=O) groups is 2. The van der Waals surface area contributed by atoms with Crippen LogP contribution in [0.15, 0.2) is 108 Å². The highest BCUT2D eigenvalue weighted by atomic mass is 35.5. The third-order valence-electron chi connectivity index (χ3n) is 5.72. The predicted octanol–water partition coefficient (Wildman–Crippen LogP) is 6.39. The average Bonchev–Trinajstić information content (AvgIpc) is 2.93. The SMILES string of the molecule is O=C(COc1cccc2ccccc12)N/N=C\c1c(OC(=O)c2ccccc2Cl)ccc2ccccc12. The molecule has 6 nitrogen and oxygen atoms in total. The van der Waals surface area contributed by atoms with Crippen molar-refractivity contribution in [2.75, 3.05) is 6.61 Å². The first-order valence-corrected chi connectivity index (χ1v) is 11.9. The number of carbonyl (C=O) groups excluding carboxylic acids is 2. The van der Waals surface area contributed by atoms with Gasteiger partial charge in [-0.05, 0) is 40.4 Å². The zero-order valence-electron chi connectivity index (χ0n) is 19.6. The van der Waals surface area contributed by atoms with Crippen LogP contribution in [0.5, 0.6) is 11.5 Å². The van der Waals surface area contributed by atoms with Gasteiger partial charge in [-0.15, -0.1) is 0 Å². The summed E-state index contributed by atoms with van der Waals surface area (Å²) in [6.07, 6.45) is 1.45. The molecule has 0 radical (unpaired) electrons. The van der Waals surface area contributed by atoms with Crippen molar-refractivity contribution in [2.24, 2.45) is 5.10 Å². The van der Waals surface area contributed by atoms with Gasteiger partial charge in [-0.3, -0.25) is 4.79 Å². The normalized spacial score (nSPS) is 11.1. The number of fused-ring (bicyclic) bond motifs is 2. The summed E-state index contributed by atoms with van der Waals surface area (Å²) in [4.78, 5) is 25.2. The van der Waals surface area contributed by atoms with Crippen molar-refractivity contribution in [1.82, 2.24) is 5.43 Å². The molecule has 1 amide bonds. The average molecular weight is 509 g/mol. The van der Waals surface area contributed by atoms with Gasteiger partial charge in [0, 0.05) is 10.9 Å². The van der Waals surface area contributed by atoms with E-state index in [0.717, 1.165) is 21.5 Å². The Kier molecular flexibility index (Phi) is 7.10. The van der Waals surface area contributed by atoms with Gasteiger partial charge in [0.05, 0.1) is 16.8 Å². The Labute approximate surface area is 218 Å². The standard InChI is InChI=1S/C30H21ClN2O4/c31-26-14-6-5-13-24(26)30(35)37-28-17-16-21-9-1-3-11-22(21)25(28)18-32-33-29(34)19-36-27-15-7-10-20-8-2-4-12-23(20)27/h1-18H,19H2,(H,33,34)/b32-18-. The maximum atomic E-state index is 12.8. The largest absolute Gasteiger partial charge is 0.483 e. The van der Waals surface area contributed by atoms with Crippen molar-refractivity contribution in [3.05, 3.63) is 119 Å². The number of hydrazone groups is 1. The lowest BCUT2D eigenvalue weighted by Crippen LogP contribution is -2.24. The van der Waals surface area contributed by atoms with Gasteiger partial charge in [0.1, 0.15) is 11.5 Å². The predicted molar refractivity (Wildman–Crippen MR) is 146 cm³/mol. The molecule has 5 aromatic carbocycles. The third kappa shape index (κ3) is 5.44. The summed E-state index contributed by atoms with van der Waals surface area (Å²) in [5.74, 6) is -0.129. The molecule has 0 aliphatic rings. The Hall–Kier alpha value is -4.68. The molecule has 0 spiro atoms. The van der Waals surface area contributed by atoms with E-state index in [-0.39, 0.29) is 17.9 Å². The fourth-order valence-electron chi connectivity index (χ4n) is 3.95. The number of rotatable bonds is 7. The molecule has 0 aliphatic heterocycles. The Morgan fingerprint density at radius 1 is 0.757 bits per heavy atom. The van der Waals surface area contributed by atoms with Crippen LogP contribution in [0.25, 0.3) is 21.5 Å². The molecule has 0 atom stereocenters. The monoisotopic (exact) mass is 508 g/mol. The van der Waals surface area contributed by atoms with E-state index in [1.807, 2.05) is 72.8 Å². The van der Waals surface area contributed by atoms with Gasteiger partial charge in [-0.1, -0.05) is 90.5 Å². The van der Waals surface area contributed by atoms with Crippen molar-refractivity contribution < 1.29 is 19.1 Å². The lowest BCUT2D eigenvalue weighted by molar-refractivity contribution is -0.123. The molecular weight excluding hydrogens is 488 g/mol. The maximum Gasteiger partial charge on any atom is 0.345 e. The number of benzene rings is 5. The number of esters is 1. The molecule has 0 saturated carbocycles. The number of hydrogen-bond donors (Lipinski definition) is 1. The number of nitrogens with zero attached hydrogens (tertiary/aromatic N) is 1.